The van der Waals surface area contributed by atoms with Crippen molar-refractivity contribution in [3.05, 3.63) is 47.4 Å². The van der Waals surface area contributed by atoms with Gasteiger partial charge < -0.3 is 19.8 Å². The van der Waals surface area contributed by atoms with E-state index in [0.29, 0.717) is 32.2 Å². The van der Waals surface area contributed by atoms with Crippen LogP contribution in [0, 0.1) is 12.8 Å². The number of nitrogens with two attached hydrogens (primary N) is 1. The van der Waals surface area contributed by atoms with E-state index in [-0.39, 0.29) is 17.8 Å². The third kappa shape index (κ3) is 2.68. The Bertz CT molecular complexity index is 875. The number of likely N-dealkylation sites (tertiary alicyclic amines) is 1. The number of rotatable bonds is 3. The largest absolute Gasteiger partial charge is 0.407 e. The third-order valence-corrected chi connectivity index (χ3v) is 5.46. The van der Waals surface area contributed by atoms with Crippen molar-refractivity contribution in [3.8, 4) is 0 Å². The number of aryl methyl sites for hydroxylation is 1. The van der Waals surface area contributed by atoms with Crippen LogP contribution in [0.4, 0.5) is 6.01 Å². The lowest BCUT2D eigenvalue weighted by atomic mass is 9.81. The molecule has 2 aliphatic rings. The van der Waals surface area contributed by atoms with Gasteiger partial charge in [0.25, 0.3) is 0 Å². The number of carbonyl (C=O) groups excluding carboxylic acids is 1. The minimum atomic E-state index is -0.454. The number of nitrogens with zero attached hydrogens (tertiary/aromatic N) is 3. The van der Waals surface area contributed by atoms with E-state index in [1.165, 1.54) is 0 Å². The SMILES string of the molecule is C/C(=C\C(=O)N1C[C@H]2COC[C@@]2(c2nnc(N)o2)C1)c1ccccc1C. The number of hydrogen-bond acceptors (Lipinski definition) is 6. The van der Waals surface area contributed by atoms with Crippen molar-refractivity contribution < 1.29 is 13.9 Å². The van der Waals surface area contributed by atoms with E-state index in [4.69, 9.17) is 14.9 Å². The van der Waals surface area contributed by atoms with Crippen LogP contribution in [0.15, 0.2) is 34.8 Å². The Morgan fingerprint density at radius 3 is 2.92 bits per heavy atom. The summed E-state index contributed by atoms with van der Waals surface area (Å²) in [6.07, 6.45) is 1.71. The van der Waals surface area contributed by atoms with E-state index in [2.05, 4.69) is 10.2 Å². The molecule has 2 aliphatic heterocycles. The average Bonchev–Trinajstić information content (AvgIpc) is 3.28. The highest BCUT2D eigenvalue weighted by Crippen LogP contribution is 2.43. The maximum absolute atomic E-state index is 12.9. The Morgan fingerprint density at radius 1 is 1.38 bits per heavy atom. The first-order valence-electron chi connectivity index (χ1n) is 8.70. The Hall–Kier alpha value is -2.67. The molecule has 3 heterocycles. The number of aromatic nitrogens is 2. The van der Waals surface area contributed by atoms with E-state index in [9.17, 15) is 4.79 Å². The van der Waals surface area contributed by atoms with Gasteiger partial charge in [-0.15, -0.1) is 5.10 Å². The van der Waals surface area contributed by atoms with Crippen LogP contribution in [-0.4, -0.2) is 47.3 Å². The standard InChI is InChI=1S/C19H22N4O3/c1-12-5-3-4-6-15(12)13(2)7-16(24)23-8-14-9-25-11-19(14,10-23)17-21-22-18(20)26-17/h3-7,14H,8-11H2,1-2H3,(H2,20,22)/b13-7+/t14-,19-/m0/s1. The summed E-state index contributed by atoms with van der Waals surface area (Å²) in [5.41, 5.74) is 8.33. The number of hydrogen-bond donors (Lipinski definition) is 1. The maximum atomic E-state index is 12.9. The second kappa shape index (κ2) is 6.25. The van der Waals surface area contributed by atoms with Crippen LogP contribution < -0.4 is 5.73 Å². The van der Waals surface area contributed by atoms with E-state index >= 15 is 0 Å². The van der Waals surface area contributed by atoms with Crippen molar-refractivity contribution in [2.45, 2.75) is 19.3 Å². The summed E-state index contributed by atoms with van der Waals surface area (Å²) >= 11 is 0. The molecule has 1 aromatic heterocycles. The number of ether oxygens (including phenoxy) is 1. The Balaban J connectivity index is 1.57. The summed E-state index contributed by atoms with van der Waals surface area (Å²) in [7, 11) is 0. The van der Waals surface area contributed by atoms with Gasteiger partial charge in [0.15, 0.2) is 0 Å². The summed E-state index contributed by atoms with van der Waals surface area (Å²) in [6, 6.07) is 8.10. The van der Waals surface area contributed by atoms with Gasteiger partial charge in [-0.2, -0.15) is 0 Å². The van der Waals surface area contributed by atoms with Crippen LogP contribution >= 0.6 is 0 Å². The number of anilines is 1. The zero-order chi connectivity index (χ0) is 18.3. The lowest BCUT2D eigenvalue weighted by Crippen LogP contribution is -2.37. The van der Waals surface area contributed by atoms with Crippen molar-refractivity contribution in [1.82, 2.24) is 15.1 Å². The number of allylic oxidation sites excluding steroid dienone is 1. The Morgan fingerprint density at radius 2 is 2.19 bits per heavy atom. The lowest BCUT2D eigenvalue weighted by molar-refractivity contribution is -0.125. The molecule has 26 heavy (non-hydrogen) atoms. The average molecular weight is 354 g/mol. The molecule has 2 aromatic rings. The van der Waals surface area contributed by atoms with Gasteiger partial charge in [-0.05, 0) is 30.5 Å². The number of fused-ring (bicyclic) bond motifs is 1. The van der Waals surface area contributed by atoms with E-state index in [0.717, 1.165) is 16.7 Å². The zero-order valence-corrected chi connectivity index (χ0v) is 14.9. The minimum absolute atomic E-state index is 0.00739. The molecule has 2 atom stereocenters. The molecule has 4 rings (SSSR count). The van der Waals surface area contributed by atoms with Crippen molar-refractivity contribution in [2.24, 2.45) is 5.92 Å². The number of carbonyl (C=O) groups is 1. The van der Waals surface area contributed by atoms with Crippen LogP contribution in [-0.2, 0) is 14.9 Å². The van der Waals surface area contributed by atoms with Crippen molar-refractivity contribution in [1.29, 1.82) is 0 Å². The third-order valence-electron chi connectivity index (χ3n) is 5.46. The molecule has 136 valence electrons. The summed E-state index contributed by atoms with van der Waals surface area (Å²) < 4.78 is 11.1. The highest BCUT2D eigenvalue weighted by molar-refractivity contribution is 5.95. The van der Waals surface area contributed by atoms with Gasteiger partial charge >= 0.3 is 6.01 Å². The maximum Gasteiger partial charge on any atom is 0.312 e. The van der Waals surface area contributed by atoms with Gasteiger partial charge in [0.05, 0.1) is 18.6 Å². The highest BCUT2D eigenvalue weighted by Gasteiger charge is 2.56. The molecule has 0 saturated carbocycles. The van der Waals surface area contributed by atoms with Gasteiger partial charge in [0, 0.05) is 25.1 Å². The van der Waals surface area contributed by atoms with E-state index < -0.39 is 5.41 Å². The monoisotopic (exact) mass is 354 g/mol. The molecule has 0 radical (unpaired) electrons. The molecule has 0 bridgehead atoms. The van der Waals surface area contributed by atoms with Gasteiger partial charge in [0.1, 0.15) is 0 Å². The molecule has 7 nitrogen and oxygen atoms in total. The predicted molar refractivity (Wildman–Crippen MR) is 96.1 cm³/mol. The van der Waals surface area contributed by atoms with Gasteiger partial charge in [-0.3, -0.25) is 4.79 Å². The summed E-state index contributed by atoms with van der Waals surface area (Å²) in [6.45, 7) is 6.16. The molecule has 0 aliphatic carbocycles. The molecule has 7 heteroatoms. The van der Waals surface area contributed by atoms with Gasteiger partial charge in [-0.25, -0.2) is 0 Å². The van der Waals surface area contributed by atoms with Gasteiger partial charge in [0.2, 0.25) is 11.8 Å². The summed E-state index contributed by atoms with van der Waals surface area (Å²) in [5, 5.41) is 7.84. The molecule has 1 amide bonds. The Kier molecular flexibility index (Phi) is 4.03. The second-order valence-corrected chi connectivity index (χ2v) is 7.17. The first-order chi connectivity index (χ1) is 12.5. The van der Waals surface area contributed by atoms with Crippen LogP contribution in [0.25, 0.3) is 5.57 Å². The number of benzene rings is 1. The van der Waals surface area contributed by atoms with Crippen LogP contribution in [0.5, 0.6) is 0 Å². The molecule has 2 fully saturated rings. The van der Waals surface area contributed by atoms with Crippen LogP contribution in [0.1, 0.15) is 23.9 Å². The second-order valence-electron chi connectivity index (χ2n) is 7.17. The summed E-state index contributed by atoms with van der Waals surface area (Å²) in [4.78, 5) is 14.7. The van der Waals surface area contributed by atoms with E-state index in [1.807, 2.05) is 43.0 Å². The van der Waals surface area contributed by atoms with Crippen LogP contribution in [0.2, 0.25) is 0 Å². The molecular formula is C19H22N4O3. The lowest BCUT2D eigenvalue weighted by Gasteiger charge is -2.22. The summed E-state index contributed by atoms with van der Waals surface area (Å²) in [5.74, 6) is 0.595. The Labute approximate surface area is 151 Å². The molecule has 1 aromatic carbocycles. The normalized spacial score (nSPS) is 25.5. The first kappa shape index (κ1) is 16.8. The molecule has 2 saturated heterocycles. The smallest absolute Gasteiger partial charge is 0.312 e. The number of nitrogen functional groups attached to an aromatic ring is 1. The minimum Gasteiger partial charge on any atom is -0.407 e. The fourth-order valence-corrected chi connectivity index (χ4v) is 4.01. The topological polar surface area (TPSA) is 94.5 Å². The molecular weight excluding hydrogens is 332 g/mol. The van der Waals surface area contributed by atoms with Crippen molar-refractivity contribution in [3.63, 3.8) is 0 Å². The molecule has 0 spiro atoms. The predicted octanol–water partition coefficient (Wildman–Crippen LogP) is 1.79. The zero-order valence-electron chi connectivity index (χ0n) is 14.9. The van der Waals surface area contributed by atoms with Gasteiger partial charge in [-0.1, -0.05) is 29.4 Å². The van der Waals surface area contributed by atoms with Crippen LogP contribution in [0.3, 0.4) is 0 Å². The quantitative estimate of drug-likeness (QED) is 0.845. The van der Waals surface area contributed by atoms with Crippen molar-refractivity contribution >= 4 is 17.5 Å². The van der Waals surface area contributed by atoms with E-state index in [1.54, 1.807) is 6.08 Å². The van der Waals surface area contributed by atoms with Crippen molar-refractivity contribution in [2.75, 3.05) is 32.0 Å². The molecule has 2 N–H and O–H groups in total. The first-order valence-corrected chi connectivity index (χ1v) is 8.70. The highest BCUT2D eigenvalue weighted by atomic mass is 16.5. The molecule has 0 unspecified atom stereocenters. The fraction of sp³-hybridized carbons (Fsp3) is 0.421. The fourth-order valence-electron chi connectivity index (χ4n) is 4.01. The number of amides is 1.